The third kappa shape index (κ3) is 7.62. The van der Waals surface area contributed by atoms with Crippen LogP contribution >= 0.6 is 22.9 Å². The zero-order chi connectivity index (χ0) is 23.6. The molecule has 3 rings (SSSR count). The molecule has 0 spiro atoms. The molecule has 33 heavy (non-hydrogen) atoms. The van der Waals surface area contributed by atoms with E-state index in [0.29, 0.717) is 30.3 Å². The first-order valence-corrected chi connectivity index (χ1v) is 12.4. The average Bonchev–Trinajstić information content (AvgIpc) is 3.32. The van der Waals surface area contributed by atoms with Crippen LogP contribution in [0.4, 0.5) is 10.5 Å². The van der Waals surface area contributed by atoms with Gasteiger partial charge < -0.3 is 15.1 Å². The Balaban J connectivity index is 1.74. The maximum absolute atomic E-state index is 13.4. The van der Waals surface area contributed by atoms with Gasteiger partial charge in [-0.2, -0.15) is 0 Å². The molecule has 0 aliphatic heterocycles. The highest BCUT2D eigenvalue weighted by atomic mass is 35.5. The van der Waals surface area contributed by atoms with Gasteiger partial charge in [0.05, 0.1) is 6.54 Å². The van der Waals surface area contributed by atoms with E-state index in [1.54, 1.807) is 22.3 Å². The minimum atomic E-state index is -0.299. The molecule has 3 aromatic rings. The number of halogens is 1. The molecule has 7 heteroatoms. The van der Waals surface area contributed by atoms with Crippen molar-refractivity contribution < 1.29 is 9.59 Å². The Morgan fingerprint density at radius 1 is 1.00 bits per heavy atom. The van der Waals surface area contributed by atoms with Gasteiger partial charge in [-0.1, -0.05) is 67.4 Å². The van der Waals surface area contributed by atoms with Crippen molar-refractivity contribution in [1.82, 2.24) is 9.80 Å². The summed E-state index contributed by atoms with van der Waals surface area (Å²) in [7, 11) is 0. The van der Waals surface area contributed by atoms with Crippen LogP contribution in [0, 0.1) is 6.92 Å². The number of urea groups is 1. The number of aryl methyl sites for hydroxylation is 1. The van der Waals surface area contributed by atoms with Crippen molar-refractivity contribution in [3.05, 3.63) is 87.1 Å². The maximum atomic E-state index is 13.4. The van der Waals surface area contributed by atoms with Crippen LogP contribution in [0.2, 0.25) is 5.02 Å². The predicted octanol–water partition coefficient (Wildman–Crippen LogP) is 6.57. The van der Waals surface area contributed by atoms with Gasteiger partial charge >= 0.3 is 6.03 Å². The van der Waals surface area contributed by atoms with Gasteiger partial charge in [-0.25, -0.2) is 4.79 Å². The van der Waals surface area contributed by atoms with Crippen molar-refractivity contribution in [1.29, 1.82) is 0 Å². The number of carbonyl (C=O) groups is 2. The molecule has 0 fully saturated rings. The molecule has 0 aliphatic carbocycles. The van der Waals surface area contributed by atoms with Gasteiger partial charge in [0.15, 0.2) is 0 Å². The third-order valence-electron chi connectivity index (χ3n) is 5.31. The highest BCUT2D eigenvalue weighted by Crippen LogP contribution is 2.21. The molecule has 3 amide bonds. The fraction of sp³-hybridized carbons (Fsp3) is 0.308. The van der Waals surface area contributed by atoms with Crippen LogP contribution in [-0.4, -0.2) is 34.8 Å². The lowest BCUT2D eigenvalue weighted by Gasteiger charge is -2.28. The van der Waals surface area contributed by atoms with Crippen LogP contribution < -0.4 is 5.32 Å². The highest BCUT2D eigenvalue weighted by Gasteiger charge is 2.22. The van der Waals surface area contributed by atoms with E-state index in [-0.39, 0.29) is 18.5 Å². The Morgan fingerprint density at radius 3 is 2.45 bits per heavy atom. The number of nitrogens with one attached hydrogen (secondary N) is 1. The van der Waals surface area contributed by atoms with E-state index in [4.69, 9.17) is 11.6 Å². The second kappa shape index (κ2) is 12.4. The highest BCUT2D eigenvalue weighted by molar-refractivity contribution is 7.09. The zero-order valence-electron chi connectivity index (χ0n) is 19.1. The van der Waals surface area contributed by atoms with E-state index >= 15 is 0 Å². The number of carbonyl (C=O) groups excluding carboxylic acids is 2. The molecule has 0 radical (unpaired) electrons. The fourth-order valence-corrected chi connectivity index (χ4v) is 4.26. The van der Waals surface area contributed by atoms with Gasteiger partial charge in [0.2, 0.25) is 5.91 Å². The summed E-state index contributed by atoms with van der Waals surface area (Å²) < 4.78 is 0. The zero-order valence-corrected chi connectivity index (χ0v) is 20.7. The lowest BCUT2D eigenvalue weighted by Crippen LogP contribution is -2.44. The molecular weight excluding hydrogens is 454 g/mol. The minimum absolute atomic E-state index is 0.0175. The van der Waals surface area contributed by atoms with Gasteiger partial charge in [0.25, 0.3) is 0 Å². The van der Waals surface area contributed by atoms with Crippen LogP contribution in [0.25, 0.3) is 0 Å². The van der Waals surface area contributed by atoms with E-state index in [1.165, 1.54) is 0 Å². The topological polar surface area (TPSA) is 52.7 Å². The first-order valence-electron chi connectivity index (χ1n) is 11.1. The number of rotatable bonds is 10. The van der Waals surface area contributed by atoms with Gasteiger partial charge in [-0.3, -0.25) is 4.79 Å². The third-order valence-corrected chi connectivity index (χ3v) is 6.58. The summed E-state index contributed by atoms with van der Waals surface area (Å²) in [6.07, 6.45) is 1.75. The number of nitrogens with zero attached hydrogens (tertiary/aromatic N) is 2. The van der Waals surface area contributed by atoms with Crippen LogP contribution in [0.3, 0.4) is 0 Å². The summed E-state index contributed by atoms with van der Waals surface area (Å²) in [4.78, 5) is 31.0. The standard InChI is InChI=1S/C26H30ClN3O2S/c1-3-4-14-29(26(32)28-22-13-12-20(2)24(27)16-22)19-25(31)30(18-23-11-8-15-33-23)17-21-9-6-5-7-10-21/h5-13,15-16H,3-4,14,17-19H2,1-2H3,(H,28,32). The molecule has 174 valence electrons. The fourth-order valence-electron chi connectivity index (χ4n) is 3.36. The Kier molecular flexibility index (Phi) is 9.34. The van der Waals surface area contributed by atoms with Gasteiger partial charge in [0.1, 0.15) is 6.54 Å². The molecule has 1 heterocycles. The molecule has 1 aromatic heterocycles. The van der Waals surface area contributed by atoms with E-state index in [1.807, 2.05) is 71.8 Å². The first kappa shape index (κ1) is 24.8. The summed E-state index contributed by atoms with van der Waals surface area (Å²) in [6, 6.07) is 19.0. The quantitative estimate of drug-likeness (QED) is 0.354. The number of hydrogen-bond acceptors (Lipinski definition) is 3. The summed E-state index contributed by atoms with van der Waals surface area (Å²) in [5.74, 6) is -0.0829. The second-order valence-corrected chi connectivity index (χ2v) is 9.42. The molecule has 0 bridgehead atoms. The lowest BCUT2D eigenvalue weighted by atomic mass is 10.2. The monoisotopic (exact) mass is 483 g/mol. The van der Waals surface area contributed by atoms with Crippen LogP contribution in [0.1, 0.15) is 35.8 Å². The Hall–Kier alpha value is -2.83. The molecular formula is C26H30ClN3O2S. The Bertz CT molecular complexity index is 1040. The largest absolute Gasteiger partial charge is 0.332 e. The Morgan fingerprint density at radius 2 is 1.79 bits per heavy atom. The van der Waals surface area contributed by atoms with Gasteiger partial charge in [-0.15, -0.1) is 11.3 Å². The number of thiophene rings is 1. The van der Waals surface area contributed by atoms with Crippen molar-refractivity contribution in [3.63, 3.8) is 0 Å². The molecule has 0 unspecified atom stereocenters. The van der Waals surface area contributed by atoms with Crippen molar-refractivity contribution in [2.45, 2.75) is 39.8 Å². The molecule has 0 atom stereocenters. The summed E-state index contributed by atoms with van der Waals surface area (Å²) >= 11 is 7.83. The smallest absolute Gasteiger partial charge is 0.322 e. The summed E-state index contributed by atoms with van der Waals surface area (Å²) in [5, 5.41) is 5.49. The number of anilines is 1. The molecule has 0 saturated heterocycles. The molecule has 1 N–H and O–H groups in total. The van der Waals surface area contributed by atoms with Crippen molar-refractivity contribution >= 4 is 40.6 Å². The molecule has 2 aromatic carbocycles. The van der Waals surface area contributed by atoms with E-state index in [0.717, 1.165) is 28.8 Å². The average molecular weight is 484 g/mol. The van der Waals surface area contributed by atoms with Crippen LogP contribution in [0.15, 0.2) is 66.0 Å². The Labute approximate surface area is 205 Å². The molecule has 0 saturated carbocycles. The van der Waals surface area contributed by atoms with E-state index in [2.05, 4.69) is 12.2 Å². The van der Waals surface area contributed by atoms with Crippen molar-refractivity contribution in [2.75, 3.05) is 18.4 Å². The SMILES string of the molecule is CCCCN(CC(=O)N(Cc1ccccc1)Cc1cccs1)C(=O)Nc1ccc(C)c(Cl)c1. The normalized spacial score (nSPS) is 10.6. The summed E-state index contributed by atoms with van der Waals surface area (Å²) in [6.45, 7) is 5.51. The number of unbranched alkanes of at least 4 members (excludes halogenated alkanes) is 1. The van der Waals surface area contributed by atoms with Gasteiger partial charge in [-0.05, 0) is 48.1 Å². The van der Waals surface area contributed by atoms with Crippen LogP contribution in [0.5, 0.6) is 0 Å². The van der Waals surface area contributed by atoms with Crippen molar-refractivity contribution in [3.8, 4) is 0 Å². The van der Waals surface area contributed by atoms with Crippen LogP contribution in [-0.2, 0) is 17.9 Å². The van der Waals surface area contributed by atoms with Gasteiger partial charge in [0, 0.05) is 28.7 Å². The number of amides is 3. The summed E-state index contributed by atoms with van der Waals surface area (Å²) in [5.41, 5.74) is 2.61. The number of hydrogen-bond donors (Lipinski definition) is 1. The second-order valence-electron chi connectivity index (χ2n) is 7.98. The number of benzene rings is 2. The lowest BCUT2D eigenvalue weighted by molar-refractivity contribution is -0.133. The minimum Gasteiger partial charge on any atom is -0.332 e. The van der Waals surface area contributed by atoms with E-state index < -0.39 is 0 Å². The maximum Gasteiger partial charge on any atom is 0.322 e. The molecule has 0 aliphatic rings. The van der Waals surface area contributed by atoms with Crippen molar-refractivity contribution in [2.24, 2.45) is 0 Å². The predicted molar refractivity (Wildman–Crippen MR) is 137 cm³/mol. The van der Waals surface area contributed by atoms with E-state index in [9.17, 15) is 9.59 Å². The first-order chi connectivity index (χ1) is 16.0. The molecule has 5 nitrogen and oxygen atoms in total.